The summed E-state index contributed by atoms with van der Waals surface area (Å²) in [5.41, 5.74) is 1.26. The van der Waals surface area contributed by atoms with E-state index >= 15 is 0 Å². The topological polar surface area (TPSA) is 20.2 Å². The van der Waals surface area contributed by atoms with Crippen LogP contribution in [-0.4, -0.2) is 12.4 Å². The van der Waals surface area contributed by atoms with Crippen molar-refractivity contribution in [3.05, 3.63) is 24.3 Å². The second-order valence-corrected chi connectivity index (χ2v) is 2.02. The Bertz CT molecular complexity index is 181. The Hall–Kier alpha value is -0.915. The van der Waals surface area contributed by atoms with Crippen LogP contribution in [0.4, 0.5) is 0 Å². The van der Waals surface area contributed by atoms with E-state index in [1.807, 2.05) is 12.1 Å². The minimum atomic E-state index is 0.340. The van der Waals surface area contributed by atoms with Crippen molar-refractivity contribution >= 4 is 12.7 Å². The zero-order valence-corrected chi connectivity index (χ0v) is 5.46. The normalized spacial score (nSPS) is 9.00. The van der Waals surface area contributed by atoms with Crippen molar-refractivity contribution in [2.45, 2.75) is 6.82 Å². The zero-order chi connectivity index (χ0) is 6.69. The molecule has 46 valence electrons. The lowest BCUT2D eigenvalue weighted by Crippen LogP contribution is -2.07. The summed E-state index contributed by atoms with van der Waals surface area (Å²) in [7, 11) is 1.03. The van der Waals surface area contributed by atoms with E-state index < -0.39 is 0 Å². The van der Waals surface area contributed by atoms with Crippen LogP contribution >= 0.6 is 0 Å². The minimum Gasteiger partial charge on any atom is -0.508 e. The van der Waals surface area contributed by atoms with E-state index in [9.17, 15) is 0 Å². The van der Waals surface area contributed by atoms with Gasteiger partial charge in [0.25, 0.3) is 0 Å². The molecule has 0 aromatic heterocycles. The molecular formula is C7H9BO. The molecule has 0 heterocycles. The minimum absolute atomic E-state index is 0.340. The van der Waals surface area contributed by atoms with E-state index in [-0.39, 0.29) is 0 Å². The van der Waals surface area contributed by atoms with Crippen LogP contribution < -0.4 is 5.46 Å². The average molecular weight is 120 g/mol. The molecule has 0 unspecified atom stereocenters. The quantitative estimate of drug-likeness (QED) is 0.535. The van der Waals surface area contributed by atoms with Crippen molar-refractivity contribution in [2.75, 3.05) is 0 Å². The lowest BCUT2D eigenvalue weighted by molar-refractivity contribution is 0.475. The van der Waals surface area contributed by atoms with Crippen LogP contribution in [0.1, 0.15) is 0 Å². The van der Waals surface area contributed by atoms with Gasteiger partial charge >= 0.3 is 0 Å². The maximum Gasteiger partial charge on any atom is 0.154 e. The summed E-state index contributed by atoms with van der Waals surface area (Å²) < 4.78 is 0. The molecule has 0 aliphatic carbocycles. The Balaban J connectivity index is 2.88. The van der Waals surface area contributed by atoms with E-state index in [0.717, 1.165) is 7.28 Å². The molecule has 1 nitrogen and oxygen atoms in total. The first kappa shape index (κ1) is 6.21. The molecule has 1 aromatic rings. The number of hydrogen-bond donors (Lipinski definition) is 1. The molecule has 0 bridgehead atoms. The lowest BCUT2D eigenvalue weighted by Gasteiger charge is -1.92. The van der Waals surface area contributed by atoms with Crippen molar-refractivity contribution in [3.8, 4) is 5.75 Å². The smallest absolute Gasteiger partial charge is 0.154 e. The van der Waals surface area contributed by atoms with Crippen LogP contribution in [-0.2, 0) is 0 Å². The Morgan fingerprint density at radius 3 is 2.22 bits per heavy atom. The van der Waals surface area contributed by atoms with Crippen LogP contribution in [0.3, 0.4) is 0 Å². The third-order valence-electron chi connectivity index (χ3n) is 1.34. The van der Waals surface area contributed by atoms with Crippen molar-refractivity contribution in [1.82, 2.24) is 0 Å². The van der Waals surface area contributed by atoms with E-state index in [1.54, 1.807) is 12.1 Å². The molecular weight excluding hydrogens is 111 g/mol. The summed E-state index contributed by atoms with van der Waals surface area (Å²) in [6, 6.07) is 7.27. The molecule has 1 N–H and O–H groups in total. The maximum absolute atomic E-state index is 8.85. The summed E-state index contributed by atoms with van der Waals surface area (Å²) in [6.45, 7) is 2.09. The first-order valence-electron chi connectivity index (χ1n) is 3.11. The Morgan fingerprint density at radius 1 is 1.22 bits per heavy atom. The number of benzene rings is 1. The van der Waals surface area contributed by atoms with Gasteiger partial charge in [-0.05, 0) is 12.1 Å². The number of phenols is 1. The lowest BCUT2D eigenvalue weighted by atomic mass is 9.73. The van der Waals surface area contributed by atoms with Gasteiger partial charge in [-0.3, -0.25) is 0 Å². The highest BCUT2D eigenvalue weighted by Gasteiger charge is 1.87. The number of rotatable bonds is 1. The Morgan fingerprint density at radius 2 is 1.78 bits per heavy atom. The first-order chi connectivity index (χ1) is 4.33. The zero-order valence-electron chi connectivity index (χ0n) is 5.46. The third kappa shape index (κ3) is 1.49. The van der Waals surface area contributed by atoms with E-state index in [4.69, 9.17) is 5.11 Å². The molecule has 0 atom stereocenters. The van der Waals surface area contributed by atoms with Gasteiger partial charge in [-0.1, -0.05) is 24.4 Å². The van der Waals surface area contributed by atoms with Gasteiger partial charge < -0.3 is 5.11 Å². The molecule has 0 radical (unpaired) electrons. The SMILES string of the molecule is CBc1ccc(O)cc1. The molecule has 0 saturated heterocycles. The van der Waals surface area contributed by atoms with Gasteiger partial charge in [-0.15, -0.1) is 0 Å². The van der Waals surface area contributed by atoms with Gasteiger partial charge in [0.05, 0.1) is 0 Å². The molecule has 0 fully saturated rings. The maximum atomic E-state index is 8.85. The summed E-state index contributed by atoms with van der Waals surface area (Å²) in [6.07, 6.45) is 0. The molecule has 0 amide bonds. The fraction of sp³-hybridized carbons (Fsp3) is 0.143. The summed E-state index contributed by atoms with van der Waals surface area (Å²) in [5.74, 6) is 0.340. The predicted molar refractivity (Wildman–Crippen MR) is 40.8 cm³/mol. The second kappa shape index (κ2) is 2.58. The number of hydrogen-bond acceptors (Lipinski definition) is 1. The van der Waals surface area contributed by atoms with Crippen LogP contribution in [0.5, 0.6) is 5.75 Å². The van der Waals surface area contributed by atoms with Crippen molar-refractivity contribution in [3.63, 3.8) is 0 Å². The van der Waals surface area contributed by atoms with E-state index in [2.05, 4.69) is 6.82 Å². The summed E-state index contributed by atoms with van der Waals surface area (Å²) in [5, 5.41) is 8.85. The van der Waals surface area contributed by atoms with Crippen LogP contribution in [0.25, 0.3) is 0 Å². The van der Waals surface area contributed by atoms with E-state index in [1.165, 1.54) is 5.46 Å². The number of aromatic hydroxyl groups is 1. The third-order valence-corrected chi connectivity index (χ3v) is 1.34. The molecule has 0 aliphatic rings. The fourth-order valence-corrected chi connectivity index (χ4v) is 0.732. The van der Waals surface area contributed by atoms with Crippen molar-refractivity contribution in [2.24, 2.45) is 0 Å². The highest BCUT2D eigenvalue weighted by Crippen LogP contribution is 2.01. The van der Waals surface area contributed by atoms with Gasteiger partial charge in [0.2, 0.25) is 0 Å². The van der Waals surface area contributed by atoms with Gasteiger partial charge in [0.1, 0.15) is 5.75 Å². The number of phenolic OH excluding ortho intramolecular Hbond substituents is 1. The predicted octanol–water partition coefficient (Wildman–Crippen LogP) is 0.502. The molecule has 0 spiro atoms. The molecule has 1 rings (SSSR count). The average Bonchev–Trinajstić information content (AvgIpc) is 1.90. The second-order valence-electron chi connectivity index (χ2n) is 2.02. The van der Waals surface area contributed by atoms with Gasteiger partial charge in [-0.25, -0.2) is 0 Å². The highest BCUT2D eigenvalue weighted by molar-refractivity contribution is 6.51. The van der Waals surface area contributed by atoms with Crippen LogP contribution in [0, 0.1) is 0 Å². The summed E-state index contributed by atoms with van der Waals surface area (Å²) >= 11 is 0. The Kier molecular flexibility index (Phi) is 1.78. The summed E-state index contributed by atoms with van der Waals surface area (Å²) in [4.78, 5) is 0. The van der Waals surface area contributed by atoms with E-state index in [0.29, 0.717) is 5.75 Å². The first-order valence-corrected chi connectivity index (χ1v) is 3.11. The van der Waals surface area contributed by atoms with Crippen molar-refractivity contribution in [1.29, 1.82) is 0 Å². The molecule has 2 heteroatoms. The monoisotopic (exact) mass is 120 g/mol. The largest absolute Gasteiger partial charge is 0.508 e. The molecule has 1 aromatic carbocycles. The van der Waals surface area contributed by atoms with Gasteiger partial charge in [0.15, 0.2) is 7.28 Å². The van der Waals surface area contributed by atoms with Crippen LogP contribution in [0.2, 0.25) is 6.82 Å². The molecule has 0 aliphatic heterocycles. The Labute approximate surface area is 55.6 Å². The molecule has 9 heavy (non-hydrogen) atoms. The fourth-order valence-electron chi connectivity index (χ4n) is 0.732. The standard InChI is InChI=1S/C7H9BO/c1-8-6-2-4-7(9)5-3-6/h2-5,8-9H,1H3. The highest BCUT2D eigenvalue weighted by atomic mass is 16.3. The van der Waals surface area contributed by atoms with Gasteiger partial charge in [0, 0.05) is 0 Å². The molecule has 0 saturated carbocycles. The van der Waals surface area contributed by atoms with Crippen molar-refractivity contribution < 1.29 is 5.11 Å². The van der Waals surface area contributed by atoms with Crippen LogP contribution in [0.15, 0.2) is 24.3 Å². The van der Waals surface area contributed by atoms with Gasteiger partial charge in [-0.2, -0.15) is 0 Å².